The second kappa shape index (κ2) is 5.25. The molecule has 0 spiro atoms. The van der Waals surface area contributed by atoms with Crippen molar-refractivity contribution in [3.05, 3.63) is 34.9 Å². The zero-order valence-electron chi connectivity index (χ0n) is 8.18. The summed E-state index contributed by atoms with van der Waals surface area (Å²) in [5.41, 5.74) is 1.24. The summed E-state index contributed by atoms with van der Waals surface area (Å²) in [5.74, 6) is 0. The van der Waals surface area contributed by atoms with Gasteiger partial charge in [-0.1, -0.05) is 30.7 Å². The molecule has 1 rings (SSSR count). The van der Waals surface area contributed by atoms with Crippen LogP contribution < -0.4 is 5.32 Å². The van der Waals surface area contributed by atoms with Crippen molar-refractivity contribution in [2.24, 2.45) is 0 Å². The maximum absolute atomic E-state index is 5.87. The standard InChI is InChI=1S/C11H16ClN/c1-3-9(2)13-8-10-5-4-6-11(12)7-10/h4-7,9,13H,3,8H2,1-2H3/t9-/m0/s1. The third-order valence-corrected chi connectivity index (χ3v) is 2.39. The van der Waals surface area contributed by atoms with Crippen molar-refractivity contribution in [3.8, 4) is 0 Å². The highest BCUT2D eigenvalue weighted by Crippen LogP contribution is 2.10. The Morgan fingerprint density at radius 3 is 2.85 bits per heavy atom. The third-order valence-electron chi connectivity index (χ3n) is 2.16. The molecule has 0 heterocycles. The average Bonchev–Trinajstić information content (AvgIpc) is 2.14. The van der Waals surface area contributed by atoms with Gasteiger partial charge in [-0.15, -0.1) is 0 Å². The van der Waals surface area contributed by atoms with Crippen LogP contribution in [0.3, 0.4) is 0 Å². The topological polar surface area (TPSA) is 12.0 Å². The summed E-state index contributed by atoms with van der Waals surface area (Å²) in [6.07, 6.45) is 1.15. The van der Waals surface area contributed by atoms with Gasteiger partial charge in [0.2, 0.25) is 0 Å². The number of halogens is 1. The van der Waals surface area contributed by atoms with E-state index in [2.05, 4.69) is 25.2 Å². The number of benzene rings is 1. The SMILES string of the molecule is CC[C@H](C)NCc1cccc(Cl)c1. The molecule has 1 aromatic rings. The minimum absolute atomic E-state index is 0.569. The van der Waals surface area contributed by atoms with Crippen molar-refractivity contribution in [1.29, 1.82) is 0 Å². The van der Waals surface area contributed by atoms with E-state index in [1.54, 1.807) is 0 Å². The predicted molar refractivity (Wildman–Crippen MR) is 58.0 cm³/mol. The van der Waals surface area contributed by atoms with Gasteiger partial charge >= 0.3 is 0 Å². The van der Waals surface area contributed by atoms with Crippen molar-refractivity contribution in [3.63, 3.8) is 0 Å². The Balaban J connectivity index is 2.45. The largest absolute Gasteiger partial charge is 0.310 e. The van der Waals surface area contributed by atoms with E-state index in [0.29, 0.717) is 6.04 Å². The fourth-order valence-corrected chi connectivity index (χ4v) is 1.30. The minimum atomic E-state index is 0.569. The maximum Gasteiger partial charge on any atom is 0.0409 e. The van der Waals surface area contributed by atoms with Crippen LogP contribution in [0.1, 0.15) is 25.8 Å². The lowest BCUT2D eigenvalue weighted by molar-refractivity contribution is 0.534. The molecule has 0 radical (unpaired) electrons. The van der Waals surface area contributed by atoms with Gasteiger partial charge in [-0.25, -0.2) is 0 Å². The highest BCUT2D eigenvalue weighted by molar-refractivity contribution is 6.30. The first kappa shape index (κ1) is 10.6. The van der Waals surface area contributed by atoms with E-state index < -0.39 is 0 Å². The van der Waals surface area contributed by atoms with Crippen molar-refractivity contribution < 1.29 is 0 Å². The average molecular weight is 198 g/mol. The molecule has 2 heteroatoms. The van der Waals surface area contributed by atoms with Crippen LogP contribution in [0.5, 0.6) is 0 Å². The van der Waals surface area contributed by atoms with Crippen molar-refractivity contribution in [2.75, 3.05) is 0 Å². The molecule has 0 saturated carbocycles. The molecular formula is C11H16ClN. The molecule has 0 fully saturated rings. The summed E-state index contributed by atoms with van der Waals surface area (Å²) in [7, 11) is 0. The number of hydrogen-bond donors (Lipinski definition) is 1. The van der Waals surface area contributed by atoms with Crippen LogP contribution >= 0.6 is 11.6 Å². The lowest BCUT2D eigenvalue weighted by atomic mass is 10.2. The normalized spacial score (nSPS) is 12.8. The van der Waals surface area contributed by atoms with Gasteiger partial charge in [-0.05, 0) is 31.0 Å². The highest BCUT2D eigenvalue weighted by Gasteiger charge is 1.98. The Kier molecular flexibility index (Phi) is 4.26. The second-order valence-corrected chi connectivity index (χ2v) is 3.76. The van der Waals surface area contributed by atoms with E-state index in [0.717, 1.165) is 18.0 Å². The third kappa shape index (κ3) is 3.79. The Bertz CT molecular complexity index is 260. The van der Waals surface area contributed by atoms with Gasteiger partial charge in [0.05, 0.1) is 0 Å². The monoisotopic (exact) mass is 197 g/mol. The Morgan fingerprint density at radius 2 is 2.23 bits per heavy atom. The molecule has 0 amide bonds. The van der Waals surface area contributed by atoms with Crippen LogP contribution in [0, 0.1) is 0 Å². The maximum atomic E-state index is 5.87. The van der Waals surface area contributed by atoms with Gasteiger partial charge in [0, 0.05) is 17.6 Å². The molecule has 0 aliphatic carbocycles. The van der Waals surface area contributed by atoms with Crippen LogP contribution in [0.2, 0.25) is 5.02 Å². The van der Waals surface area contributed by atoms with Crippen LogP contribution in [0.15, 0.2) is 24.3 Å². The second-order valence-electron chi connectivity index (χ2n) is 3.32. The van der Waals surface area contributed by atoms with Crippen molar-refractivity contribution in [1.82, 2.24) is 5.32 Å². The predicted octanol–water partition coefficient (Wildman–Crippen LogP) is 3.23. The quantitative estimate of drug-likeness (QED) is 0.782. The molecular weight excluding hydrogens is 182 g/mol. The van der Waals surface area contributed by atoms with Crippen molar-refractivity contribution >= 4 is 11.6 Å². The van der Waals surface area contributed by atoms with E-state index in [4.69, 9.17) is 11.6 Å². The molecule has 1 nitrogen and oxygen atoms in total. The Morgan fingerprint density at radius 1 is 1.46 bits per heavy atom. The molecule has 0 aliphatic rings. The van der Waals surface area contributed by atoms with Gasteiger partial charge < -0.3 is 5.32 Å². The van der Waals surface area contributed by atoms with Gasteiger partial charge in [-0.2, -0.15) is 0 Å². The first-order valence-electron chi connectivity index (χ1n) is 4.70. The summed E-state index contributed by atoms with van der Waals surface area (Å²) in [5, 5.41) is 4.23. The van der Waals surface area contributed by atoms with E-state index in [1.807, 2.05) is 18.2 Å². The molecule has 0 aromatic heterocycles. The molecule has 0 bridgehead atoms. The van der Waals surface area contributed by atoms with Crippen LogP contribution in [-0.4, -0.2) is 6.04 Å². The van der Waals surface area contributed by atoms with Gasteiger partial charge in [0.25, 0.3) is 0 Å². The first-order valence-corrected chi connectivity index (χ1v) is 5.08. The smallest absolute Gasteiger partial charge is 0.0409 e. The zero-order valence-corrected chi connectivity index (χ0v) is 8.93. The molecule has 1 aromatic carbocycles. The van der Waals surface area contributed by atoms with Gasteiger partial charge in [0.1, 0.15) is 0 Å². The van der Waals surface area contributed by atoms with Crippen LogP contribution in [-0.2, 0) is 6.54 Å². The van der Waals surface area contributed by atoms with E-state index in [-0.39, 0.29) is 0 Å². The Labute approximate surface area is 85.1 Å². The summed E-state index contributed by atoms with van der Waals surface area (Å²) < 4.78 is 0. The summed E-state index contributed by atoms with van der Waals surface area (Å²) in [6.45, 7) is 5.26. The molecule has 13 heavy (non-hydrogen) atoms. The summed E-state index contributed by atoms with van der Waals surface area (Å²) in [6, 6.07) is 8.53. The van der Waals surface area contributed by atoms with Crippen molar-refractivity contribution in [2.45, 2.75) is 32.9 Å². The molecule has 0 saturated heterocycles. The lowest BCUT2D eigenvalue weighted by Crippen LogP contribution is -2.24. The van der Waals surface area contributed by atoms with E-state index in [1.165, 1.54) is 5.56 Å². The fraction of sp³-hybridized carbons (Fsp3) is 0.455. The zero-order chi connectivity index (χ0) is 9.68. The molecule has 1 atom stereocenters. The van der Waals surface area contributed by atoms with E-state index in [9.17, 15) is 0 Å². The fourth-order valence-electron chi connectivity index (χ4n) is 1.08. The summed E-state index contributed by atoms with van der Waals surface area (Å²) >= 11 is 5.87. The van der Waals surface area contributed by atoms with Gasteiger partial charge in [0.15, 0.2) is 0 Å². The van der Waals surface area contributed by atoms with E-state index >= 15 is 0 Å². The van der Waals surface area contributed by atoms with Gasteiger partial charge in [-0.3, -0.25) is 0 Å². The lowest BCUT2D eigenvalue weighted by Gasteiger charge is -2.10. The summed E-state index contributed by atoms with van der Waals surface area (Å²) in [4.78, 5) is 0. The minimum Gasteiger partial charge on any atom is -0.310 e. The molecule has 1 N–H and O–H groups in total. The van der Waals surface area contributed by atoms with Crippen LogP contribution in [0.25, 0.3) is 0 Å². The Hall–Kier alpha value is -0.530. The number of rotatable bonds is 4. The van der Waals surface area contributed by atoms with Crippen LogP contribution in [0.4, 0.5) is 0 Å². The highest BCUT2D eigenvalue weighted by atomic mass is 35.5. The molecule has 0 unspecified atom stereocenters. The number of nitrogens with one attached hydrogen (secondary N) is 1. The molecule has 72 valence electrons. The number of hydrogen-bond acceptors (Lipinski definition) is 1. The molecule has 0 aliphatic heterocycles. The first-order chi connectivity index (χ1) is 6.22.